The van der Waals surface area contributed by atoms with Crippen LogP contribution in [0.2, 0.25) is 0 Å². The van der Waals surface area contributed by atoms with Crippen molar-refractivity contribution in [3.05, 3.63) is 24.3 Å². The van der Waals surface area contributed by atoms with Crippen molar-refractivity contribution < 1.29 is 24.5 Å². The van der Waals surface area contributed by atoms with Gasteiger partial charge in [0.25, 0.3) is 0 Å². The van der Waals surface area contributed by atoms with Crippen molar-refractivity contribution in [2.45, 2.75) is 83.6 Å². The second-order valence-corrected chi connectivity index (χ2v) is 7.55. The van der Waals surface area contributed by atoms with Crippen LogP contribution in [0.25, 0.3) is 0 Å². The quantitative estimate of drug-likeness (QED) is 0.354. The van der Waals surface area contributed by atoms with E-state index in [1.54, 1.807) is 6.08 Å². The number of halogens is 1. The molecule has 1 saturated carbocycles. The maximum absolute atomic E-state index is 13.9. The van der Waals surface area contributed by atoms with Crippen LogP contribution in [0, 0.1) is 17.8 Å². The number of aliphatic hydroxyl groups excluding tert-OH is 2. The van der Waals surface area contributed by atoms with E-state index < -0.39 is 24.3 Å². The number of carboxylic acid groups (broad SMARTS) is 1. The fraction of sp³-hybridized carbons (Fsp3) is 0.762. The first-order valence-electron chi connectivity index (χ1n) is 9.92. The molecule has 0 heterocycles. The molecule has 0 bridgehead atoms. The minimum Gasteiger partial charge on any atom is -0.481 e. The lowest BCUT2D eigenvalue weighted by Crippen LogP contribution is -2.21. The van der Waals surface area contributed by atoms with Gasteiger partial charge >= 0.3 is 5.97 Å². The lowest BCUT2D eigenvalue weighted by molar-refractivity contribution is -0.137. The second kappa shape index (κ2) is 12.2. The molecule has 0 unspecified atom stereocenters. The summed E-state index contributed by atoms with van der Waals surface area (Å²) >= 11 is 0. The molecule has 5 heteroatoms. The first-order valence-corrected chi connectivity index (χ1v) is 9.92. The standard InChI is InChI=1S/C21H35FO4/c1-3-4-10-18(22)19(23)13-12-16-15(2)14-20(24)17(16)9-7-5-6-8-11-21(25)26/h5,7,12-13,15-20,23-24H,3-4,6,8-11,14H2,1-2H3,(H,25,26)/b7-5-,13-12+/t15-,16+,17-,18-,19-,20+/m1/s1. The highest BCUT2D eigenvalue weighted by Gasteiger charge is 2.37. The van der Waals surface area contributed by atoms with Gasteiger partial charge in [-0.3, -0.25) is 4.79 Å². The van der Waals surface area contributed by atoms with Gasteiger partial charge in [-0.05, 0) is 49.9 Å². The molecule has 26 heavy (non-hydrogen) atoms. The van der Waals surface area contributed by atoms with Crippen LogP contribution in [0.15, 0.2) is 24.3 Å². The Hall–Kier alpha value is -1.20. The third-order valence-electron chi connectivity index (χ3n) is 5.33. The normalized spacial score (nSPS) is 28.8. The predicted octanol–water partition coefficient (Wildman–Crippen LogP) is 4.27. The maximum atomic E-state index is 13.9. The smallest absolute Gasteiger partial charge is 0.303 e. The molecule has 4 nitrogen and oxygen atoms in total. The molecule has 0 aliphatic heterocycles. The molecule has 1 rings (SSSR count). The molecule has 0 aromatic rings. The number of allylic oxidation sites excluding steroid dienone is 3. The molecule has 0 saturated heterocycles. The van der Waals surface area contributed by atoms with Crippen LogP contribution in [-0.2, 0) is 4.79 Å². The van der Waals surface area contributed by atoms with E-state index in [-0.39, 0.29) is 24.2 Å². The van der Waals surface area contributed by atoms with Crippen molar-refractivity contribution in [2.75, 3.05) is 0 Å². The Morgan fingerprint density at radius 1 is 1.31 bits per heavy atom. The van der Waals surface area contributed by atoms with Crippen molar-refractivity contribution >= 4 is 5.97 Å². The first-order chi connectivity index (χ1) is 12.4. The van der Waals surface area contributed by atoms with Crippen LogP contribution < -0.4 is 0 Å². The molecule has 0 amide bonds. The van der Waals surface area contributed by atoms with Gasteiger partial charge in [0.15, 0.2) is 0 Å². The van der Waals surface area contributed by atoms with Crippen LogP contribution in [0.3, 0.4) is 0 Å². The number of carbonyl (C=O) groups is 1. The molecule has 1 fully saturated rings. The Kier molecular flexibility index (Phi) is 10.7. The monoisotopic (exact) mass is 370 g/mol. The fourth-order valence-electron chi connectivity index (χ4n) is 3.71. The first kappa shape index (κ1) is 22.8. The number of carboxylic acids is 1. The van der Waals surface area contributed by atoms with E-state index >= 15 is 0 Å². The molecule has 0 aromatic heterocycles. The molecule has 0 aromatic carbocycles. The second-order valence-electron chi connectivity index (χ2n) is 7.55. The Morgan fingerprint density at radius 3 is 2.69 bits per heavy atom. The number of alkyl halides is 1. The van der Waals surface area contributed by atoms with E-state index in [2.05, 4.69) is 6.92 Å². The number of aliphatic carboxylic acids is 1. The van der Waals surface area contributed by atoms with Crippen LogP contribution in [0.1, 0.15) is 65.2 Å². The summed E-state index contributed by atoms with van der Waals surface area (Å²) in [4.78, 5) is 10.5. The van der Waals surface area contributed by atoms with E-state index in [1.165, 1.54) is 0 Å². The van der Waals surface area contributed by atoms with Gasteiger partial charge in [-0.2, -0.15) is 0 Å². The number of unbranched alkanes of at least 4 members (excludes halogenated alkanes) is 2. The lowest BCUT2D eigenvalue weighted by atomic mass is 9.86. The molecule has 3 N–H and O–H groups in total. The molecule has 1 aliphatic carbocycles. The summed E-state index contributed by atoms with van der Waals surface area (Å²) in [5.74, 6) is -0.334. The van der Waals surface area contributed by atoms with Crippen molar-refractivity contribution in [1.29, 1.82) is 0 Å². The van der Waals surface area contributed by atoms with Gasteiger partial charge in [0.1, 0.15) is 12.3 Å². The van der Waals surface area contributed by atoms with Crippen LogP contribution >= 0.6 is 0 Å². The van der Waals surface area contributed by atoms with E-state index in [1.807, 2.05) is 25.2 Å². The topological polar surface area (TPSA) is 77.8 Å². The average molecular weight is 371 g/mol. The summed E-state index contributed by atoms with van der Waals surface area (Å²) in [6.07, 6.45) is 9.63. The number of hydrogen-bond acceptors (Lipinski definition) is 3. The van der Waals surface area contributed by atoms with Crippen molar-refractivity contribution in [2.24, 2.45) is 17.8 Å². The zero-order chi connectivity index (χ0) is 19.5. The van der Waals surface area contributed by atoms with Gasteiger partial charge in [0.2, 0.25) is 0 Å². The fourth-order valence-corrected chi connectivity index (χ4v) is 3.71. The molecule has 0 spiro atoms. The van der Waals surface area contributed by atoms with E-state index in [9.17, 15) is 19.4 Å². The summed E-state index contributed by atoms with van der Waals surface area (Å²) in [5.41, 5.74) is 0. The van der Waals surface area contributed by atoms with E-state index in [4.69, 9.17) is 5.11 Å². The van der Waals surface area contributed by atoms with E-state index in [0.29, 0.717) is 32.1 Å². The van der Waals surface area contributed by atoms with Crippen molar-refractivity contribution in [3.63, 3.8) is 0 Å². The largest absolute Gasteiger partial charge is 0.481 e. The average Bonchev–Trinajstić information content (AvgIpc) is 2.86. The van der Waals surface area contributed by atoms with Crippen LogP contribution in [0.4, 0.5) is 4.39 Å². The summed E-state index contributed by atoms with van der Waals surface area (Å²) in [7, 11) is 0. The van der Waals surface area contributed by atoms with Gasteiger partial charge in [-0.25, -0.2) is 4.39 Å². The Labute approximate surface area is 156 Å². The molecule has 150 valence electrons. The third-order valence-corrected chi connectivity index (χ3v) is 5.33. The zero-order valence-corrected chi connectivity index (χ0v) is 16.1. The van der Waals surface area contributed by atoms with Gasteiger partial charge < -0.3 is 15.3 Å². The summed E-state index contributed by atoms with van der Waals surface area (Å²) < 4.78 is 13.9. The predicted molar refractivity (Wildman–Crippen MR) is 102 cm³/mol. The number of rotatable bonds is 12. The Bertz CT molecular complexity index is 463. The molecular formula is C21H35FO4. The third kappa shape index (κ3) is 8.00. The highest BCUT2D eigenvalue weighted by molar-refractivity contribution is 5.66. The highest BCUT2D eigenvalue weighted by Crippen LogP contribution is 2.40. The molecule has 0 radical (unpaired) electrons. The Morgan fingerprint density at radius 2 is 2.04 bits per heavy atom. The Balaban J connectivity index is 2.54. The van der Waals surface area contributed by atoms with Crippen LogP contribution in [-0.4, -0.2) is 39.7 Å². The minimum atomic E-state index is -1.24. The summed E-state index contributed by atoms with van der Waals surface area (Å²) in [6.45, 7) is 4.07. The van der Waals surface area contributed by atoms with E-state index in [0.717, 1.165) is 12.8 Å². The molecule has 6 atom stereocenters. The van der Waals surface area contributed by atoms with Gasteiger partial charge in [0.05, 0.1) is 6.10 Å². The van der Waals surface area contributed by atoms with Crippen molar-refractivity contribution in [3.8, 4) is 0 Å². The zero-order valence-electron chi connectivity index (χ0n) is 16.1. The maximum Gasteiger partial charge on any atom is 0.303 e. The summed E-state index contributed by atoms with van der Waals surface area (Å²) in [6, 6.07) is 0. The molecular weight excluding hydrogens is 335 g/mol. The van der Waals surface area contributed by atoms with Gasteiger partial charge in [-0.1, -0.05) is 51.0 Å². The molecule has 1 aliphatic rings. The highest BCUT2D eigenvalue weighted by atomic mass is 19.1. The van der Waals surface area contributed by atoms with Gasteiger partial charge in [-0.15, -0.1) is 0 Å². The van der Waals surface area contributed by atoms with Crippen molar-refractivity contribution in [1.82, 2.24) is 0 Å². The van der Waals surface area contributed by atoms with Crippen LogP contribution in [0.5, 0.6) is 0 Å². The van der Waals surface area contributed by atoms with Gasteiger partial charge in [0, 0.05) is 6.42 Å². The lowest BCUT2D eigenvalue weighted by Gasteiger charge is -2.21. The number of hydrogen-bond donors (Lipinski definition) is 3. The SMILES string of the molecule is CCCC[C@@H](F)[C@H](O)/C=C/[C@@H]1[C@@H](C/C=C\CCCC(=O)O)[C@@H](O)C[C@H]1C. The number of aliphatic hydroxyl groups is 2. The summed E-state index contributed by atoms with van der Waals surface area (Å²) in [5, 5.41) is 28.9. The minimum absolute atomic E-state index is 0.0536.